The smallest absolute Gasteiger partial charge is 0.123 e. The molecule has 0 amide bonds. The lowest BCUT2D eigenvalue weighted by molar-refractivity contribution is 0.373. The normalized spacial score (nSPS) is 18.4. The van der Waals surface area contributed by atoms with Gasteiger partial charge in [0.1, 0.15) is 5.54 Å². The lowest BCUT2D eigenvalue weighted by Crippen LogP contribution is -2.46. The number of hydrogen-bond donors (Lipinski definition) is 1. The minimum absolute atomic E-state index is 0.511. The first-order chi connectivity index (χ1) is 8.70. The fourth-order valence-corrected chi connectivity index (χ4v) is 2.24. The third kappa shape index (κ3) is 2.09. The Balaban J connectivity index is 1.88. The molecular formula is C14H16N4. The second-order valence-corrected chi connectivity index (χ2v) is 5.22. The molecule has 1 N–H and O–H groups in total. The maximum atomic E-state index is 9.38. The van der Waals surface area contributed by atoms with E-state index in [4.69, 9.17) is 0 Å². The predicted octanol–water partition coefficient (Wildman–Crippen LogP) is 2.07. The quantitative estimate of drug-likeness (QED) is 0.890. The lowest BCUT2D eigenvalue weighted by atomic mass is 10.0. The van der Waals surface area contributed by atoms with E-state index in [0.717, 1.165) is 10.9 Å². The Kier molecular flexibility index (Phi) is 2.57. The van der Waals surface area contributed by atoms with E-state index in [1.54, 1.807) is 0 Å². The molecule has 0 bridgehead atoms. The molecule has 0 radical (unpaired) electrons. The molecule has 1 heterocycles. The van der Waals surface area contributed by atoms with Gasteiger partial charge in [-0.1, -0.05) is 18.2 Å². The van der Waals surface area contributed by atoms with Gasteiger partial charge in [-0.3, -0.25) is 10.00 Å². The third-order valence-corrected chi connectivity index (χ3v) is 3.36. The van der Waals surface area contributed by atoms with Crippen LogP contribution < -0.4 is 5.32 Å². The van der Waals surface area contributed by atoms with Crippen LogP contribution in [0.5, 0.6) is 0 Å². The molecule has 1 unspecified atom stereocenters. The van der Waals surface area contributed by atoms with Gasteiger partial charge in [-0.15, -0.1) is 0 Å². The van der Waals surface area contributed by atoms with E-state index in [0.29, 0.717) is 12.6 Å². The topological polar surface area (TPSA) is 53.6 Å². The fraction of sp³-hybridized carbons (Fsp3) is 0.429. The summed E-state index contributed by atoms with van der Waals surface area (Å²) in [6.45, 7) is 2.52. The number of rotatable bonds is 4. The van der Waals surface area contributed by atoms with Crippen molar-refractivity contribution < 1.29 is 0 Å². The van der Waals surface area contributed by atoms with Gasteiger partial charge >= 0.3 is 0 Å². The van der Waals surface area contributed by atoms with E-state index in [1.165, 1.54) is 12.8 Å². The van der Waals surface area contributed by atoms with E-state index < -0.39 is 5.54 Å². The minimum Gasteiger partial charge on any atom is -0.295 e. The van der Waals surface area contributed by atoms with Crippen molar-refractivity contribution in [3.63, 3.8) is 0 Å². The number of para-hydroxylation sites is 1. The summed E-state index contributed by atoms with van der Waals surface area (Å²) in [6, 6.07) is 11.0. The summed E-state index contributed by atoms with van der Waals surface area (Å²) in [6.07, 6.45) is 4.21. The molecular weight excluding hydrogens is 224 g/mol. The molecule has 1 aromatic heterocycles. The molecule has 1 atom stereocenters. The highest BCUT2D eigenvalue weighted by atomic mass is 15.3. The van der Waals surface area contributed by atoms with Crippen LogP contribution >= 0.6 is 0 Å². The monoisotopic (exact) mass is 240 g/mol. The number of aromatic nitrogens is 2. The van der Waals surface area contributed by atoms with E-state index in [2.05, 4.69) is 16.5 Å². The van der Waals surface area contributed by atoms with Crippen molar-refractivity contribution in [1.29, 1.82) is 5.26 Å². The average molecular weight is 240 g/mol. The van der Waals surface area contributed by atoms with Crippen LogP contribution in [-0.2, 0) is 6.54 Å². The van der Waals surface area contributed by atoms with Crippen LogP contribution in [-0.4, -0.2) is 21.4 Å². The Morgan fingerprint density at radius 1 is 1.50 bits per heavy atom. The highest BCUT2D eigenvalue weighted by molar-refractivity contribution is 5.78. The Morgan fingerprint density at radius 3 is 3.00 bits per heavy atom. The molecule has 4 heteroatoms. The zero-order valence-corrected chi connectivity index (χ0v) is 10.4. The molecule has 1 fully saturated rings. The van der Waals surface area contributed by atoms with E-state index in [9.17, 15) is 5.26 Å². The molecule has 92 valence electrons. The summed E-state index contributed by atoms with van der Waals surface area (Å²) in [5.41, 5.74) is 0.534. The molecule has 1 aliphatic carbocycles. The third-order valence-electron chi connectivity index (χ3n) is 3.36. The summed E-state index contributed by atoms with van der Waals surface area (Å²) < 4.78 is 1.91. The average Bonchev–Trinajstić information content (AvgIpc) is 3.10. The zero-order valence-electron chi connectivity index (χ0n) is 10.4. The second kappa shape index (κ2) is 4.11. The molecule has 0 saturated heterocycles. The van der Waals surface area contributed by atoms with Crippen LogP contribution in [0.3, 0.4) is 0 Å². The van der Waals surface area contributed by atoms with Gasteiger partial charge in [0.05, 0.1) is 24.3 Å². The number of fused-ring (bicyclic) bond motifs is 1. The molecule has 1 aromatic carbocycles. The summed E-state index contributed by atoms with van der Waals surface area (Å²) >= 11 is 0. The van der Waals surface area contributed by atoms with Crippen LogP contribution in [0.1, 0.15) is 19.8 Å². The molecule has 2 aromatic rings. The van der Waals surface area contributed by atoms with Gasteiger partial charge in [-0.05, 0) is 25.8 Å². The van der Waals surface area contributed by atoms with Gasteiger partial charge in [-0.2, -0.15) is 10.4 Å². The van der Waals surface area contributed by atoms with Crippen molar-refractivity contribution in [1.82, 2.24) is 15.1 Å². The van der Waals surface area contributed by atoms with Crippen molar-refractivity contribution in [2.24, 2.45) is 0 Å². The van der Waals surface area contributed by atoms with Crippen LogP contribution in [0.2, 0.25) is 0 Å². The standard InChI is InChI=1S/C14H16N4/c1-14(9-15,17-12-6-7-12)10-18-13-5-3-2-4-11(13)8-16-18/h2-5,8,12,17H,6-7,10H2,1H3. The van der Waals surface area contributed by atoms with Crippen LogP contribution in [0.4, 0.5) is 0 Å². The van der Waals surface area contributed by atoms with E-state index in [1.807, 2.05) is 42.1 Å². The maximum Gasteiger partial charge on any atom is 0.123 e. The highest BCUT2D eigenvalue weighted by Gasteiger charge is 2.33. The first kappa shape index (κ1) is 11.2. The Bertz CT molecular complexity index is 606. The first-order valence-corrected chi connectivity index (χ1v) is 6.30. The van der Waals surface area contributed by atoms with E-state index >= 15 is 0 Å². The number of benzene rings is 1. The maximum absolute atomic E-state index is 9.38. The summed E-state index contributed by atoms with van der Waals surface area (Å²) in [7, 11) is 0. The van der Waals surface area contributed by atoms with Gasteiger partial charge in [0, 0.05) is 11.4 Å². The van der Waals surface area contributed by atoms with Crippen molar-refractivity contribution in [2.75, 3.05) is 0 Å². The Labute approximate surface area is 106 Å². The molecule has 18 heavy (non-hydrogen) atoms. The molecule has 0 aliphatic heterocycles. The fourth-order valence-electron chi connectivity index (χ4n) is 2.24. The van der Waals surface area contributed by atoms with E-state index in [-0.39, 0.29) is 0 Å². The van der Waals surface area contributed by atoms with Crippen LogP contribution in [0.15, 0.2) is 30.5 Å². The first-order valence-electron chi connectivity index (χ1n) is 6.30. The predicted molar refractivity (Wildman–Crippen MR) is 69.9 cm³/mol. The SMILES string of the molecule is CC(C#N)(Cn1ncc2ccccc21)NC1CC1. The highest BCUT2D eigenvalue weighted by Crippen LogP contribution is 2.24. The van der Waals surface area contributed by atoms with Gasteiger partial charge in [0.25, 0.3) is 0 Å². The Hall–Kier alpha value is -1.86. The molecule has 1 aliphatic rings. The molecule has 1 saturated carbocycles. The minimum atomic E-state index is -0.546. The largest absolute Gasteiger partial charge is 0.295 e. The van der Waals surface area contributed by atoms with Crippen LogP contribution in [0, 0.1) is 11.3 Å². The number of hydrogen-bond acceptors (Lipinski definition) is 3. The van der Waals surface area contributed by atoms with Crippen molar-refractivity contribution in [2.45, 2.75) is 37.9 Å². The zero-order chi connectivity index (χ0) is 12.6. The number of nitriles is 1. The van der Waals surface area contributed by atoms with Gasteiger partial charge in [0.15, 0.2) is 0 Å². The molecule has 0 spiro atoms. The second-order valence-electron chi connectivity index (χ2n) is 5.22. The molecule has 4 nitrogen and oxygen atoms in total. The summed E-state index contributed by atoms with van der Waals surface area (Å²) in [4.78, 5) is 0. The lowest BCUT2D eigenvalue weighted by Gasteiger charge is -2.23. The summed E-state index contributed by atoms with van der Waals surface area (Å²) in [5.74, 6) is 0. The number of nitrogens with one attached hydrogen (secondary N) is 1. The van der Waals surface area contributed by atoms with Crippen LogP contribution in [0.25, 0.3) is 10.9 Å². The van der Waals surface area contributed by atoms with Gasteiger partial charge in [-0.25, -0.2) is 0 Å². The van der Waals surface area contributed by atoms with Gasteiger partial charge in [0.2, 0.25) is 0 Å². The van der Waals surface area contributed by atoms with Gasteiger partial charge < -0.3 is 0 Å². The molecule has 3 rings (SSSR count). The summed E-state index contributed by atoms with van der Waals surface area (Å²) in [5, 5.41) is 18.3. The Morgan fingerprint density at radius 2 is 2.28 bits per heavy atom. The number of nitrogens with zero attached hydrogens (tertiary/aromatic N) is 3. The van der Waals surface area contributed by atoms with Crippen molar-refractivity contribution in [3.05, 3.63) is 30.5 Å². The van der Waals surface area contributed by atoms with Crippen molar-refractivity contribution >= 4 is 10.9 Å². The van der Waals surface area contributed by atoms with Crippen molar-refractivity contribution in [3.8, 4) is 6.07 Å².